The number of carbonyl (C=O) groups is 1. The molecule has 0 saturated carbocycles. The van der Waals surface area contributed by atoms with Gasteiger partial charge in [-0.25, -0.2) is 4.99 Å². The Bertz CT molecular complexity index is 315. The lowest BCUT2D eigenvalue weighted by atomic mass is 10.1. The predicted molar refractivity (Wildman–Crippen MR) is 98.4 cm³/mol. The van der Waals surface area contributed by atoms with Crippen molar-refractivity contribution in [2.75, 3.05) is 40.4 Å². The molecule has 21 heavy (non-hydrogen) atoms. The monoisotopic (exact) mass is 414 g/mol. The van der Waals surface area contributed by atoms with E-state index in [1.807, 2.05) is 6.92 Å². The van der Waals surface area contributed by atoms with Crippen molar-refractivity contribution in [2.45, 2.75) is 39.7 Å². The third-order valence-electron chi connectivity index (χ3n) is 2.33. The number of nitrogens with one attached hydrogen (secondary N) is 2. The molecule has 6 nitrogen and oxygen atoms in total. The second-order valence-corrected chi connectivity index (χ2v) is 5.81. The summed E-state index contributed by atoms with van der Waals surface area (Å²) in [6, 6.07) is 0. The third-order valence-corrected chi connectivity index (χ3v) is 2.33. The van der Waals surface area contributed by atoms with E-state index in [-0.39, 0.29) is 42.0 Å². The highest BCUT2D eigenvalue weighted by molar-refractivity contribution is 14.0. The number of amides is 1. The summed E-state index contributed by atoms with van der Waals surface area (Å²) in [5.74, 6) is 0.638. The maximum atomic E-state index is 11.6. The van der Waals surface area contributed by atoms with Gasteiger partial charge in [0.15, 0.2) is 5.96 Å². The van der Waals surface area contributed by atoms with Gasteiger partial charge >= 0.3 is 0 Å². The first-order valence-electron chi connectivity index (χ1n) is 7.10. The Morgan fingerprint density at radius 3 is 2.38 bits per heavy atom. The number of guanidine groups is 1. The van der Waals surface area contributed by atoms with Gasteiger partial charge in [-0.2, -0.15) is 0 Å². The number of rotatable bonds is 7. The van der Waals surface area contributed by atoms with Crippen molar-refractivity contribution in [1.29, 1.82) is 0 Å². The van der Waals surface area contributed by atoms with Crippen LogP contribution in [-0.2, 0) is 9.53 Å². The second-order valence-electron chi connectivity index (χ2n) is 5.81. The smallest absolute Gasteiger partial charge is 0.243 e. The van der Waals surface area contributed by atoms with Gasteiger partial charge < -0.3 is 20.3 Å². The molecular weight excluding hydrogens is 383 g/mol. The molecule has 7 heteroatoms. The number of carbonyl (C=O) groups excluding carboxylic acids is 1. The van der Waals surface area contributed by atoms with Crippen LogP contribution >= 0.6 is 24.0 Å². The van der Waals surface area contributed by atoms with E-state index in [0.717, 1.165) is 26.2 Å². The van der Waals surface area contributed by atoms with Crippen LogP contribution in [0.1, 0.15) is 34.1 Å². The average molecular weight is 414 g/mol. The molecule has 2 N–H and O–H groups in total. The van der Waals surface area contributed by atoms with E-state index in [1.54, 1.807) is 14.1 Å². The number of hydrogen-bond donors (Lipinski definition) is 2. The molecular formula is C14H31IN4O2. The topological polar surface area (TPSA) is 66.0 Å². The van der Waals surface area contributed by atoms with Crippen LogP contribution in [0, 0.1) is 0 Å². The highest BCUT2D eigenvalue weighted by Crippen LogP contribution is 1.98. The molecule has 0 aromatic heterocycles. The standard InChI is InChI=1S/C14H30N4O2.HI/c1-7-20-10-8-9-15-13(17-14(2,3)4)16-11-12(19)18(5)6;/h7-11H2,1-6H3,(H2,15,16,17);1H. The van der Waals surface area contributed by atoms with Crippen molar-refractivity contribution in [3.8, 4) is 0 Å². The van der Waals surface area contributed by atoms with Gasteiger partial charge in [-0.15, -0.1) is 24.0 Å². The molecule has 0 aliphatic carbocycles. The Morgan fingerprint density at radius 1 is 1.29 bits per heavy atom. The van der Waals surface area contributed by atoms with Gasteiger partial charge in [-0.3, -0.25) is 4.79 Å². The molecule has 0 fully saturated rings. The van der Waals surface area contributed by atoms with E-state index < -0.39 is 0 Å². The lowest BCUT2D eigenvalue weighted by Gasteiger charge is -2.24. The lowest BCUT2D eigenvalue weighted by Crippen LogP contribution is -2.48. The molecule has 0 atom stereocenters. The lowest BCUT2D eigenvalue weighted by molar-refractivity contribution is -0.127. The van der Waals surface area contributed by atoms with Gasteiger partial charge in [-0.1, -0.05) is 0 Å². The van der Waals surface area contributed by atoms with Gasteiger partial charge in [-0.05, 0) is 34.1 Å². The molecule has 0 aliphatic rings. The van der Waals surface area contributed by atoms with Gasteiger partial charge in [0.25, 0.3) is 0 Å². The normalized spacial score (nSPS) is 11.6. The van der Waals surface area contributed by atoms with Crippen LogP contribution in [0.3, 0.4) is 0 Å². The zero-order valence-electron chi connectivity index (χ0n) is 14.2. The fourth-order valence-electron chi connectivity index (χ4n) is 1.31. The predicted octanol–water partition coefficient (Wildman–Crippen LogP) is 1.45. The van der Waals surface area contributed by atoms with E-state index in [1.165, 1.54) is 4.90 Å². The van der Waals surface area contributed by atoms with Crippen LogP contribution in [0.5, 0.6) is 0 Å². The molecule has 0 unspecified atom stereocenters. The van der Waals surface area contributed by atoms with Crippen LogP contribution in [0.4, 0.5) is 0 Å². The Hall–Kier alpha value is -0.570. The minimum absolute atomic E-state index is 0. The SMILES string of the molecule is CCOCCCNC(=NCC(=O)N(C)C)NC(C)(C)C.I. The van der Waals surface area contributed by atoms with Gasteiger partial charge in [0.1, 0.15) is 6.54 Å². The molecule has 0 aromatic rings. The Morgan fingerprint density at radius 2 is 1.90 bits per heavy atom. The van der Waals surface area contributed by atoms with Crippen LogP contribution in [0.2, 0.25) is 0 Å². The number of nitrogens with zero attached hydrogens (tertiary/aromatic N) is 2. The first-order valence-corrected chi connectivity index (χ1v) is 7.10. The highest BCUT2D eigenvalue weighted by atomic mass is 127. The molecule has 0 heterocycles. The molecule has 1 amide bonds. The quantitative estimate of drug-likeness (QED) is 0.287. The molecule has 0 spiro atoms. The zero-order valence-corrected chi connectivity index (χ0v) is 16.5. The minimum Gasteiger partial charge on any atom is -0.382 e. The van der Waals surface area contributed by atoms with E-state index in [4.69, 9.17) is 4.74 Å². The first kappa shape index (κ1) is 22.7. The van der Waals surface area contributed by atoms with Gasteiger partial charge in [0.05, 0.1) is 0 Å². The van der Waals surface area contributed by atoms with Gasteiger partial charge in [0, 0.05) is 39.4 Å². The summed E-state index contributed by atoms with van der Waals surface area (Å²) in [6.45, 7) is 10.5. The Kier molecular flexibility index (Phi) is 13.0. The van der Waals surface area contributed by atoms with Crippen molar-refractivity contribution in [3.63, 3.8) is 0 Å². The summed E-state index contributed by atoms with van der Waals surface area (Å²) in [5.41, 5.74) is -0.104. The molecule has 126 valence electrons. The van der Waals surface area contributed by atoms with E-state index in [9.17, 15) is 4.79 Å². The summed E-state index contributed by atoms with van der Waals surface area (Å²) in [6.07, 6.45) is 0.903. The summed E-state index contributed by atoms with van der Waals surface area (Å²) >= 11 is 0. The summed E-state index contributed by atoms with van der Waals surface area (Å²) in [4.78, 5) is 17.4. The van der Waals surface area contributed by atoms with Crippen LogP contribution in [0.15, 0.2) is 4.99 Å². The largest absolute Gasteiger partial charge is 0.382 e. The van der Waals surface area contributed by atoms with Crippen LogP contribution in [-0.4, -0.2) is 62.7 Å². The molecule has 0 radical (unpaired) electrons. The maximum Gasteiger partial charge on any atom is 0.243 e. The average Bonchev–Trinajstić information content (AvgIpc) is 2.33. The summed E-state index contributed by atoms with van der Waals surface area (Å²) in [7, 11) is 3.45. The summed E-state index contributed by atoms with van der Waals surface area (Å²) in [5, 5.41) is 6.49. The fraction of sp³-hybridized carbons (Fsp3) is 0.857. The maximum absolute atomic E-state index is 11.6. The number of ether oxygens (including phenoxy) is 1. The third kappa shape index (κ3) is 14.1. The first-order chi connectivity index (χ1) is 9.26. The Balaban J connectivity index is 0. The number of hydrogen-bond acceptors (Lipinski definition) is 3. The Labute approximate surface area is 146 Å². The number of aliphatic imine (C=N–C) groups is 1. The van der Waals surface area contributed by atoms with Crippen molar-refractivity contribution in [1.82, 2.24) is 15.5 Å². The van der Waals surface area contributed by atoms with E-state index in [0.29, 0.717) is 5.96 Å². The molecule has 0 bridgehead atoms. The van der Waals surface area contributed by atoms with Crippen molar-refractivity contribution in [3.05, 3.63) is 0 Å². The fourth-order valence-corrected chi connectivity index (χ4v) is 1.31. The highest BCUT2D eigenvalue weighted by Gasteiger charge is 2.12. The second kappa shape index (κ2) is 12.0. The van der Waals surface area contributed by atoms with Crippen LogP contribution < -0.4 is 10.6 Å². The minimum atomic E-state index is -0.104. The van der Waals surface area contributed by atoms with Crippen molar-refractivity contribution < 1.29 is 9.53 Å². The molecule has 0 aliphatic heterocycles. The molecule has 0 saturated heterocycles. The van der Waals surface area contributed by atoms with Gasteiger partial charge in [0.2, 0.25) is 5.91 Å². The number of likely N-dealkylation sites (N-methyl/N-ethyl adjacent to an activating group) is 1. The van der Waals surface area contributed by atoms with Crippen LogP contribution in [0.25, 0.3) is 0 Å². The number of halogens is 1. The van der Waals surface area contributed by atoms with E-state index >= 15 is 0 Å². The van der Waals surface area contributed by atoms with Crippen molar-refractivity contribution in [2.24, 2.45) is 4.99 Å². The zero-order chi connectivity index (χ0) is 15.6. The molecule has 0 rings (SSSR count). The van der Waals surface area contributed by atoms with Crippen molar-refractivity contribution >= 4 is 35.8 Å². The van der Waals surface area contributed by atoms with E-state index in [2.05, 4.69) is 36.4 Å². The molecule has 0 aromatic carbocycles. The summed E-state index contributed by atoms with van der Waals surface area (Å²) < 4.78 is 5.28.